The maximum Gasteiger partial charge on any atom is 0.251 e. The molecule has 2 aromatic carbocycles. The second-order valence-electron chi connectivity index (χ2n) is 6.71. The lowest BCUT2D eigenvalue weighted by atomic mass is 10.0. The predicted octanol–water partition coefficient (Wildman–Crippen LogP) is 3.67. The fourth-order valence-electron chi connectivity index (χ4n) is 3.37. The zero-order chi connectivity index (χ0) is 19.7. The van der Waals surface area contributed by atoms with Gasteiger partial charge in [-0.3, -0.25) is 9.59 Å². The summed E-state index contributed by atoms with van der Waals surface area (Å²) in [6.45, 7) is -0.0264. The van der Waals surface area contributed by atoms with Gasteiger partial charge in [0.2, 0.25) is 5.91 Å². The Bertz CT molecular complexity index is 917. The van der Waals surface area contributed by atoms with E-state index < -0.39 is 0 Å². The number of nitrogens with one attached hydrogen (secondary N) is 2. The van der Waals surface area contributed by atoms with Gasteiger partial charge >= 0.3 is 0 Å². The number of anilines is 1. The highest BCUT2D eigenvalue weighted by molar-refractivity contribution is 9.10. The first-order chi connectivity index (χ1) is 13.5. The number of hydrogen-bond donors (Lipinski definition) is 2. The minimum absolute atomic E-state index is 0.0207. The van der Waals surface area contributed by atoms with E-state index in [0.717, 1.165) is 10.0 Å². The molecule has 2 amide bonds. The van der Waals surface area contributed by atoms with Gasteiger partial charge in [-0.1, -0.05) is 39.7 Å². The maximum atomic E-state index is 12.9. The minimum atomic E-state index is -0.342. The van der Waals surface area contributed by atoms with Crippen molar-refractivity contribution in [2.75, 3.05) is 11.9 Å². The van der Waals surface area contributed by atoms with Crippen LogP contribution in [0.3, 0.4) is 0 Å². The molecule has 0 bridgehead atoms. The van der Waals surface area contributed by atoms with Gasteiger partial charge in [-0.15, -0.1) is 0 Å². The summed E-state index contributed by atoms with van der Waals surface area (Å²) < 4.78 is 0.934. The van der Waals surface area contributed by atoms with E-state index in [9.17, 15) is 9.59 Å². The number of hydrogen-bond acceptors (Lipinski definition) is 4. The molecule has 2 aliphatic rings. The number of nitrogens with zero attached hydrogens (tertiary/aromatic N) is 2. The van der Waals surface area contributed by atoms with Crippen molar-refractivity contribution in [1.29, 1.82) is 0 Å². The first-order valence-corrected chi connectivity index (χ1v) is 10.0. The molecule has 2 N–H and O–H groups in total. The highest BCUT2D eigenvalue weighted by Crippen LogP contribution is 2.31. The highest BCUT2D eigenvalue weighted by atomic mass is 79.9. The Morgan fingerprint density at radius 3 is 2.57 bits per heavy atom. The molecule has 0 saturated carbocycles. The fraction of sp³-hybridized carbons (Fsp3) is 0.200. The molecule has 2 aliphatic heterocycles. The lowest BCUT2D eigenvalue weighted by Crippen LogP contribution is -2.49. The van der Waals surface area contributed by atoms with Gasteiger partial charge in [0.15, 0.2) is 0 Å². The van der Waals surface area contributed by atoms with Gasteiger partial charge in [-0.25, -0.2) is 5.43 Å². The summed E-state index contributed by atoms with van der Waals surface area (Å²) in [6, 6.07) is 14.6. The monoisotopic (exact) mass is 460 g/mol. The molecule has 0 spiro atoms. The van der Waals surface area contributed by atoms with Crippen molar-refractivity contribution < 1.29 is 9.59 Å². The number of rotatable bonds is 4. The Hall–Kier alpha value is -2.35. The molecule has 0 aliphatic carbocycles. The van der Waals surface area contributed by atoms with Crippen LogP contribution in [-0.2, 0) is 9.59 Å². The highest BCUT2D eigenvalue weighted by Gasteiger charge is 2.40. The second-order valence-corrected chi connectivity index (χ2v) is 8.06. The molecule has 6 nitrogen and oxygen atoms in total. The predicted molar refractivity (Wildman–Crippen MR) is 111 cm³/mol. The maximum absolute atomic E-state index is 12.9. The standard InChI is InChI=1S/C20H18BrClN4O2/c21-14-3-7-16(8-4-14)23-19(27)12-25-9-10-26-18(20(25)28)11-17(24-26)13-1-5-15(22)6-2-13/h1-10,17-18,24H,11-12H2,(H,23,27). The van der Waals surface area contributed by atoms with E-state index >= 15 is 0 Å². The molecular formula is C20H18BrClN4O2. The molecule has 2 aromatic rings. The summed E-state index contributed by atoms with van der Waals surface area (Å²) in [4.78, 5) is 26.6. The number of benzene rings is 2. The van der Waals surface area contributed by atoms with Crippen molar-refractivity contribution in [2.45, 2.75) is 18.5 Å². The molecule has 4 rings (SSSR count). The van der Waals surface area contributed by atoms with Crippen LogP contribution in [-0.4, -0.2) is 34.3 Å². The van der Waals surface area contributed by atoms with Crippen molar-refractivity contribution in [2.24, 2.45) is 0 Å². The zero-order valence-electron chi connectivity index (χ0n) is 14.8. The molecule has 2 heterocycles. The summed E-state index contributed by atoms with van der Waals surface area (Å²) >= 11 is 9.31. The van der Waals surface area contributed by atoms with Crippen LogP contribution >= 0.6 is 27.5 Å². The van der Waals surface area contributed by atoms with E-state index in [1.54, 1.807) is 24.5 Å². The molecular weight excluding hydrogens is 444 g/mol. The van der Waals surface area contributed by atoms with Crippen LogP contribution in [0.2, 0.25) is 5.02 Å². The third-order valence-corrected chi connectivity index (χ3v) is 5.57. The molecule has 0 aromatic heterocycles. The number of carbonyl (C=O) groups is 2. The van der Waals surface area contributed by atoms with Gasteiger partial charge in [0.05, 0.1) is 6.04 Å². The van der Waals surface area contributed by atoms with Gasteiger partial charge in [0, 0.05) is 27.6 Å². The average Bonchev–Trinajstić information content (AvgIpc) is 3.12. The third-order valence-electron chi connectivity index (χ3n) is 4.79. The Labute approximate surface area is 176 Å². The quantitative estimate of drug-likeness (QED) is 0.729. The molecule has 144 valence electrons. The van der Waals surface area contributed by atoms with Gasteiger partial charge in [0.1, 0.15) is 12.6 Å². The number of carbonyl (C=O) groups excluding carboxylic acids is 2. The van der Waals surface area contributed by atoms with Gasteiger partial charge in [0.25, 0.3) is 5.91 Å². The van der Waals surface area contributed by atoms with E-state index in [1.807, 2.05) is 41.4 Å². The second kappa shape index (κ2) is 7.95. The van der Waals surface area contributed by atoms with Crippen molar-refractivity contribution in [3.8, 4) is 0 Å². The largest absolute Gasteiger partial charge is 0.325 e. The Balaban J connectivity index is 1.39. The number of halogens is 2. The number of amides is 2. The first-order valence-electron chi connectivity index (χ1n) is 8.84. The zero-order valence-corrected chi connectivity index (χ0v) is 17.2. The van der Waals surface area contributed by atoms with Crippen LogP contribution in [0.5, 0.6) is 0 Å². The molecule has 1 saturated heterocycles. The molecule has 2 unspecified atom stereocenters. The van der Waals surface area contributed by atoms with E-state index in [1.165, 1.54) is 4.90 Å². The van der Waals surface area contributed by atoms with Crippen LogP contribution in [0.15, 0.2) is 65.4 Å². The van der Waals surface area contributed by atoms with Crippen molar-refractivity contribution in [3.63, 3.8) is 0 Å². The fourth-order valence-corrected chi connectivity index (χ4v) is 3.76. The summed E-state index contributed by atoms with van der Waals surface area (Å²) in [6.07, 6.45) is 4.06. The van der Waals surface area contributed by atoms with E-state index in [0.29, 0.717) is 17.1 Å². The van der Waals surface area contributed by atoms with Gasteiger partial charge in [-0.2, -0.15) is 0 Å². The van der Waals surface area contributed by atoms with Crippen LogP contribution in [0.1, 0.15) is 18.0 Å². The summed E-state index contributed by atoms with van der Waals surface area (Å²) in [7, 11) is 0. The molecule has 8 heteroatoms. The summed E-state index contributed by atoms with van der Waals surface area (Å²) in [5.41, 5.74) is 5.09. The first kappa shape index (κ1) is 19.0. The normalized spacial score (nSPS) is 21.0. The Kier molecular flexibility index (Phi) is 5.39. The number of fused-ring (bicyclic) bond motifs is 1. The minimum Gasteiger partial charge on any atom is -0.325 e. The van der Waals surface area contributed by atoms with Crippen LogP contribution in [0.25, 0.3) is 0 Å². The van der Waals surface area contributed by atoms with Crippen molar-refractivity contribution in [1.82, 2.24) is 15.3 Å². The van der Waals surface area contributed by atoms with Gasteiger partial charge in [-0.05, 0) is 48.4 Å². The smallest absolute Gasteiger partial charge is 0.251 e. The van der Waals surface area contributed by atoms with Crippen molar-refractivity contribution >= 4 is 45.0 Å². The van der Waals surface area contributed by atoms with E-state index in [4.69, 9.17) is 11.6 Å². The lowest BCUT2D eigenvalue weighted by molar-refractivity contribution is -0.137. The van der Waals surface area contributed by atoms with E-state index in [-0.39, 0.29) is 30.4 Å². The van der Waals surface area contributed by atoms with Crippen molar-refractivity contribution in [3.05, 3.63) is 76.0 Å². The third kappa shape index (κ3) is 4.06. The SMILES string of the molecule is O=C(CN1C=CN2NC(c3ccc(Cl)cc3)CC2C1=O)Nc1ccc(Br)cc1. The topological polar surface area (TPSA) is 64.7 Å². The number of hydrazine groups is 1. The molecule has 0 radical (unpaired) electrons. The Morgan fingerprint density at radius 2 is 1.86 bits per heavy atom. The lowest BCUT2D eigenvalue weighted by Gasteiger charge is -2.31. The summed E-state index contributed by atoms with van der Waals surface area (Å²) in [5, 5.41) is 5.30. The molecule has 1 fully saturated rings. The van der Waals surface area contributed by atoms with Gasteiger partial charge < -0.3 is 15.2 Å². The average molecular weight is 462 g/mol. The molecule has 28 heavy (non-hydrogen) atoms. The van der Waals surface area contributed by atoms with Crippen LogP contribution < -0.4 is 10.7 Å². The molecule has 2 atom stereocenters. The Morgan fingerprint density at radius 1 is 1.14 bits per heavy atom. The van der Waals surface area contributed by atoms with E-state index in [2.05, 4.69) is 26.7 Å². The van der Waals surface area contributed by atoms with Crippen LogP contribution in [0.4, 0.5) is 5.69 Å². The van der Waals surface area contributed by atoms with Crippen LogP contribution in [0, 0.1) is 0 Å². The summed E-state index contributed by atoms with van der Waals surface area (Å²) in [5.74, 6) is -0.341.